The highest BCUT2D eigenvalue weighted by atomic mass is 28.4. The number of nitrogens with zero attached hydrogens (tertiary/aromatic N) is 2. The molecule has 180 valence electrons. The molecule has 4 aromatic rings. The summed E-state index contributed by atoms with van der Waals surface area (Å²) in [4.78, 5) is 4.90. The maximum atomic E-state index is 13.4. The van der Waals surface area contributed by atoms with Gasteiger partial charge in [0.2, 0.25) is 0 Å². The van der Waals surface area contributed by atoms with E-state index >= 15 is 0 Å². The lowest BCUT2D eigenvalue weighted by Crippen LogP contribution is -2.67. The van der Waals surface area contributed by atoms with Gasteiger partial charge in [-0.15, -0.1) is 0 Å². The predicted octanol–water partition coefficient (Wildman–Crippen LogP) is 6.00. The summed E-state index contributed by atoms with van der Waals surface area (Å²) in [5.41, 5.74) is 1.83. The first-order valence-corrected chi connectivity index (χ1v) is 14.3. The summed E-state index contributed by atoms with van der Waals surface area (Å²) in [6.07, 6.45) is 3.03. The van der Waals surface area contributed by atoms with Gasteiger partial charge in [-0.25, -0.2) is 9.37 Å². The van der Waals surface area contributed by atoms with E-state index in [9.17, 15) is 4.39 Å². The average Bonchev–Trinajstić information content (AvgIpc) is 3.38. The molecule has 0 saturated carbocycles. The summed E-state index contributed by atoms with van der Waals surface area (Å²) in [5.74, 6) is 1.27. The Kier molecular flexibility index (Phi) is 6.24. The Morgan fingerprint density at radius 3 is 2.03 bits per heavy atom. The lowest BCUT2D eigenvalue weighted by atomic mass is 10.0. The summed E-state index contributed by atoms with van der Waals surface area (Å²) in [7, 11) is -2.61. The number of fused-ring (bicyclic) bond motifs is 1. The highest BCUT2D eigenvalue weighted by molar-refractivity contribution is 6.99. The lowest BCUT2D eigenvalue weighted by Gasteiger charge is -2.43. The van der Waals surface area contributed by atoms with Gasteiger partial charge in [0.05, 0.1) is 18.3 Å². The molecule has 3 aromatic carbocycles. The fraction of sp³-hybridized carbons (Fsp3) is 0.300. The first kappa shape index (κ1) is 23.7. The zero-order valence-electron chi connectivity index (χ0n) is 20.9. The fourth-order valence-electron chi connectivity index (χ4n) is 5.54. The minimum atomic E-state index is -2.61. The van der Waals surface area contributed by atoms with E-state index in [1.165, 1.54) is 22.5 Å². The van der Waals surface area contributed by atoms with Crippen LogP contribution in [-0.2, 0) is 10.8 Å². The highest BCUT2D eigenvalue weighted by Crippen LogP contribution is 2.39. The van der Waals surface area contributed by atoms with E-state index in [0.29, 0.717) is 12.5 Å². The van der Waals surface area contributed by atoms with Crippen molar-refractivity contribution in [3.63, 3.8) is 0 Å². The van der Waals surface area contributed by atoms with Gasteiger partial charge < -0.3 is 8.99 Å². The second kappa shape index (κ2) is 9.21. The van der Waals surface area contributed by atoms with Gasteiger partial charge in [0.15, 0.2) is 0 Å². The van der Waals surface area contributed by atoms with Crippen LogP contribution < -0.4 is 10.4 Å². The Morgan fingerprint density at radius 1 is 0.914 bits per heavy atom. The smallest absolute Gasteiger partial charge is 0.261 e. The first-order valence-electron chi connectivity index (χ1n) is 12.4. The largest absolute Gasteiger partial charge is 0.405 e. The standard InChI is InChI=1S/C30H33FN2OSi/c1-22-19-29-32-27(23-15-17-24(31)18-16-23)20-33(29)28(22)21-34-35(30(2,3)4,25-11-7-5-8-12-25)26-13-9-6-10-14-26/h5-18,20,22,28H,19,21H2,1-4H3/t22-,28+/m0/s1. The predicted molar refractivity (Wildman–Crippen MR) is 143 cm³/mol. The maximum absolute atomic E-state index is 13.4. The van der Waals surface area contributed by atoms with Crippen molar-refractivity contribution < 1.29 is 8.82 Å². The summed E-state index contributed by atoms with van der Waals surface area (Å²) in [6.45, 7) is 9.85. The molecule has 0 spiro atoms. The fourth-order valence-corrected chi connectivity index (χ4v) is 10.1. The van der Waals surface area contributed by atoms with Crippen LogP contribution in [0.2, 0.25) is 5.04 Å². The third-order valence-electron chi connectivity index (χ3n) is 7.36. The van der Waals surface area contributed by atoms with Crippen molar-refractivity contribution in [2.75, 3.05) is 6.61 Å². The number of rotatable bonds is 6. The van der Waals surface area contributed by atoms with Crippen LogP contribution >= 0.6 is 0 Å². The van der Waals surface area contributed by atoms with Crippen molar-refractivity contribution in [2.45, 2.75) is 45.2 Å². The van der Waals surface area contributed by atoms with Gasteiger partial charge in [0, 0.05) is 18.2 Å². The van der Waals surface area contributed by atoms with E-state index in [2.05, 4.69) is 99.1 Å². The van der Waals surface area contributed by atoms with E-state index in [1.54, 1.807) is 12.1 Å². The number of aromatic nitrogens is 2. The minimum Gasteiger partial charge on any atom is -0.405 e. The van der Waals surface area contributed by atoms with Crippen molar-refractivity contribution >= 4 is 18.7 Å². The minimum absolute atomic E-state index is 0.0609. The first-order chi connectivity index (χ1) is 16.8. The molecule has 5 rings (SSSR count). The van der Waals surface area contributed by atoms with Crippen molar-refractivity contribution in [1.82, 2.24) is 9.55 Å². The van der Waals surface area contributed by atoms with Crippen molar-refractivity contribution in [3.05, 3.63) is 103 Å². The second-order valence-electron chi connectivity index (χ2n) is 10.7. The zero-order valence-corrected chi connectivity index (χ0v) is 21.9. The Hall–Kier alpha value is -3.02. The molecule has 0 amide bonds. The molecule has 1 aromatic heterocycles. The van der Waals surface area contributed by atoms with Crippen LogP contribution in [0.1, 0.15) is 39.6 Å². The molecule has 0 aliphatic carbocycles. The Bertz CT molecular complexity index is 1240. The summed E-state index contributed by atoms with van der Waals surface area (Å²) < 4.78 is 23.0. The Morgan fingerprint density at radius 2 is 1.49 bits per heavy atom. The molecular weight excluding hydrogens is 451 g/mol. The molecule has 0 N–H and O–H groups in total. The maximum Gasteiger partial charge on any atom is 0.261 e. The molecule has 3 nitrogen and oxygen atoms in total. The van der Waals surface area contributed by atoms with Gasteiger partial charge in [-0.1, -0.05) is 88.4 Å². The second-order valence-corrected chi connectivity index (χ2v) is 15.0. The number of hydrogen-bond acceptors (Lipinski definition) is 2. The molecule has 5 heteroatoms. The van der Waals surface area contributed by atoms with Gasteiger partial charge in [0.25, 0.3) is 8.32 Å². The van der Waals surface area contributed by atoms with Crippen LogP contribution in [0.4, 0.5) is 4.39 Å². The number of imidazole rings is 1. The normalized spacial score (nSPS) is 18.0. The molecule has 0 radical (unpaired) electrons. The molecule has 0 bridgehead atoms. The summed E-state index contributed by atoms with van der Waals surface area (Å²) in [5, 5.41) is 2.53. The molecule has 0 fully saturated rings. The van der Waals surface area contributed by atoms with Crippen LogP contribution in [0.25, 0.3) is 11.3 Å². The van der Waals surface area contributed by atoms with Crippen LogP contribution in [-0.4, -0.2) is 24.5 Å². The summed E-state index contributed by atoms with van der Waals surface area (Å²) >= 11 is 0. The number of hydrogen-bond donors (Lipinski definition) is 0. The SMILES string of the molecule is C[C@H]1Cc2nc(-c3ccc(F)cc3)cn2[C@@H]1CO[Si](c1ccccc1)(c1ccccc1)C(C)(C)C. The van der Waals surface area contributed by atoms with Crippen LogP contribution in [0, 0.1) is 11.7 Å². The monoisotopic (exact) mass is 484 g/mol. The molecule has 0 unspecified atom stereocenters. The topological polar surface area (TPSA) is 27.1 Å². The average molecular weight is 485 g/mol. The molecule has 1 aliphatic heterocycles. The molecule has 35 heavy (non-hydrogen) atoms. The third kappa shape index (κ3) is 4.28. The van der Waals surface area contributed by atoms with E-state index in [0.717, 1.165) is 23.5 Å². The van der Waals surface area contributed by atoms with Gasteiger partial charge in [-0.3, -0.25) is 0 Å². The van der Waals surface area contributed by atoms with Gasteiger partial charge >= 0.3 is 0 Å². The van der Waals surface area contributed by atoms with E-state index < -0.39 is 8.32 Å². The number of benzene rings is 3. The van der Waals surface area contributed by atoms with Crippen molar-refractivity contribution in [2.24, 2.45) is 5.92 Å². The van der Waals surface area contributed by atoms with E-state index in [1.807, 2.05) is 0 Å². The Balaban J connectivity index is 1.51. The van der Waals surface area contributed by atoms with Crippen molar-refractivity contribution in [3.8, 4) is 11.3 Å². The van der Waals surface area contributed by atoms with Crippen LogP contribution in [0.5, 0.6) is 0 Å². The molecule has 0 saturated heterocycles. The van der Waals surface area contributed by atoms with Gasteiger partial charge in [-0.05, 0) is 45.6 Å². The Labute approximate surface area is 208 Å². The van der Waals surface area contributed by atoms with Crippen molar-refractivity contribution in [1.29, 1.82) is 0 Å². The molecule has 1 aliphatic rings. The molecular formula is C30H33FN2OSi. The van der Waals surface area contributed by atoms with E-state index in [4.69, 9.17) is 9.41 Å². The van der Waals surface area contributed by atoms with Gasteiger partial charge in [-0.2, -0.15) is 0 Å². The van der Waals surface area contributed by atoms with Gasteiger partial charge in [0.1, 0.15) is 11.6 Å². The quantitative estimate of drug-likeness (QED) is 0.314. The zero-order chi connectivity index (χ0) is 24.6. The van der Waals surface area contributed by atoms with Crippen LogP contribution in [0.3, 0.4) is 0 Å². The molecule has 2 atom stereocenters. The lowest BCUT2D eigenvalue weighted by molar-refractivity contribution is 0.213. The summed E-state index contributed by atoms with van der Waals surface area (Å²) in [6, 6.07) is 28.3. The molecule has 2 heterocycles. The highest BCUT2D eigenvalue weighted by Gasteiger charge is 2.51. The van der Waals surface area contributed by atoms with Crippen LogP contribution in [0.15, 0.2) is 91.1 Å². The third-order valence-corrected chi connectivity index (χ3v) is 12.4. The number of halogens is 1. The van der Waals surface area contributed by atoms with E-state index in [-0.39, 0.29) is 16.9 Å².